The summed E-state index contributed by atoms with van der Waals surface area (Å²) in [4.78, 5) is 6.85. The first kappa shape index (κ1) is 25.1. The molecule has 0 aromatic heterocycles. The van der Waals surface area contributed by atoms with E-state index in [2.05, 4.69) is 15.2 Å². The third-order valence-electron chi connectivity index (χ3n) is 6.44. The highest BCUT2D eigenvalue weighted by Crippen LogP contribution is 2.26. The van der Waals surface area contributed by atoms with Crippen molar-refractivity contribution in [2.75, 3.05) is 59.7 Å². The number of likely N-dealkylation sites (tertiary alicyclic amines) is 1. The van der Waals surface area contributed by atoms with Crippen molar-refractivity contribution in [3.8, 4) is 0 Å². The van der Waals surface area contributed by atoms with E-state index in [1.54, 1.807) is 0 Å². The summed E-state index contributed by atoms with van der Waals surface area (Å²) in [6.07, 6.45) is 11.5. The van der Waals surface area contributed by atoms with Crippen molar-refractivity contribution in [1.82, 2.24) is 10.2 Å². The van der Waals surface area contributed by atoms with E-state index in [9.17, 15) is 0 Å². The Kier molecular flexibility index (Phi) is 12.8. The summed E-state index contributed by atoms with van der Waals surface area (Å²) in [6.45, 7) is 7.46. The maximum atomic E-state index is 6.19. The van der Waals surface area contributed by atoms with Crippen molar-refractivity contribution in [3.05, 3.63) is 0 Å². The van der Waals surface area contributed by atoms with Crippen LogP contribution >= 0.6 is 24.0 Å². The molecule has 0 aromatic rings. The highest BCUT2D eigenvalue weighted by Gasteiger charge is 2.23. The SMILES string of the molecule is CN=C(NCCCOCC1CCOCC1)N1CCC(OCC2CCCC2)CC1.I. The Morgan fingerprint density at radius 2 is 1.69 bits per heavy atom. The molecule has 0 radical (unpaired) electrons. The smallest absolute Gasteiger partial charge is 0.193 e. The van der Waals surface area contributed by atoms with Gasteiger partial charge in [-0.3, -0.25) is 4.99 Å². The van der Waals surface area contributed by atoms with Crippen LogP contribution in [-0.4, -0.2) is 76.7 Å². The number of halogens is 1. The molecule has 1 N–H and O–H groups in total. The van der Waals surface area contributed by atoms with Gasteiger partial charge in [-0.25, -0.2) is 0 Å². The van der Waals surface area contributed by atoms with Gasteiger partial charge in [0.05, 0.1) is 6.10 Å². The molecule has 0 unspecified atom stereocenters. The van der Waals surface area contributed by atoms with E-state index in [0.717, 1.165) is 96.7 Å². The quantitative estimate of drug-likeness (QED) is 0.216. The number of nitrogens with zero attached hydrogens (tertiary/aromatic N) is 2. The average Bonchev–Trinajstić information content (AvgIpc) is 3.27. The van der Waals surface area contributed by atoms with Gasteiger partial charge in [0, 0.05) is 59.7 Å². The first-order valence-electron chi connectivity index (χ1n) is 11.6. The lowest BCUT2D eigenvalue weighted by Crippen LogP contribution is -2.47. The Labute approximate surface area is 194 Å². The van der Waals surface area contributed by atoms with Crippen molar-refractivity contribution in [3.63, 3.8) is 0 Å². The molecule has 1 saturated carbocycles. The predicted molar refractivity (Wildman–Crippen MR) is 128 cm³/mol. The molecule has 0 aromatic carbocycles. The number of hydrogen-bond donors (Lipinski definition) is 1. The van der Waals surface area contributed by atoms with Gasteiger partial charge in [0.2, 0.25) is 0 Å². The molecule has 1 aliphatic carbocycles. The van der Waals surface area contributed by atoms with Crippen LogP contribution < -0.4 is 5.32 Å². The predicted octanol–water partition coefficient (Wildman–Crippen LogP) is 3.68. The molecule has 7 heteroatoms. The second-order valence-corrected chi connectivity index (χ2v) is 8.63. The second kappa shape index (κ2) is 14.8. The van der Waals surface area contributed by atoms with Crippen LogP contribution in [0.2, 0.25) is 0 Å². The van der Waals surface area contributed by atoms with Gasteiger partial charge in [-0.15, -0.1) is 24.0 Å². The third-order valence-corrected chi connectivity index (χ3v) is 6.44. The lowest BCUT2D eigenvalue weighted by molar-refractivity contribution is 0.000976. The molecule has 0 spiro atoms. The number of hydrogen-bond acceptors (Lipinski definition) is 4. The maximum Gasteiger partial charge on any atom is 0.193 e. The van der Waals surface area contributed by atoms with E-state index in [-0.39, 0.29) is 24.0 Å². The number of rotatable bonds is 9. The van der Waals surface area contributed by atoms with Crippen LogP contribution in [0.25, 0.3) is 0 Å². The van der Waals surface area contributed by atoms with Crippen LogP contribution in [0.1, 0.15) is 57.8 Å². The summed E-state index contributed by atoms with van der Waals surface area (Å²) in [5.74, 6) is 2.53. The van der Waals surface area contributed by atoms with Crippen LogP contribution in [0.4, 0.5) is 0 Å². The van der Waals surface area contributed by atoms with E-state index in [1.807, 2.05) is 7.05 Å². The van der Waals surface area contributed by atoms with Gasteiger partial charge in [0.25, 0.3) is 0 Å². The lowest BCUT2D eigenvalue weighted by Gasteiger charge is -2.34. The summed E-state index contributed by atoms with van der Waals surface area (Å²) in [7, 11) is 1.88. The molecule has 3 aliphatic rings. The van der Waals surface area contributed by atoms with Gasteiger partial charge in [-0.2, -0.15) is 0 Å². The fourth-order valence-corrected chi connectivity index (χ4v) is 4.55. The first-order chi connectivity index (χ1) is 13.8. The summed E-state index contributed by atoms with van der Waals surface area (Å²) in [6, 6.07) is 0. The van der Waals surface area contributed by atoms with Gasteiger partial charge in [-0.05, 0) is 56.8 Å². The Morgan fingerprint density at radius 3 is 2.38 bits per heavy atom. The Morgan fingerprint density at radius 1 is 1.00 bits per heavy atom. The van der Waals surface area contributed by atoms with Crippen LogP contribution in [-0.2, 0) is 14.2 Å². The molecule has 0 atom stereocenters. The van der Waals surface area contributed by atoms with Crippen molar-refractivity contribution < 1.29 is 14.2 Å². The number of nitrogens with one attached hydrogen (secondary N) is 1. The molecule has 170 valence electrons. The van der Waals surface area contributed by atoms with Crippen molar-refractivity contribution in [2.45, 2.75) is 63.9 Å². The zero-order valence-electron chi connectivity index (χ0n) is 18.3. The Balaban J connectivity index is 0.00000300. The molecule has 2 saturated heterocycles. The molecule has 3 fully saturated rings. The summed E-state index contributed by atoms with van der Waals surface area (Å²) < 4.78 is 17.4. The fourth-order valence-electron chi connectivity index (χ4n) is 4.55. The van der Waals surface area contributed by atoms with Gasteiger partial charge < -0.3 is 24.4 Å². The molecular weight excluding hydrogens is 481 g/mol. The number of guanidine groups is 1. The average molecular weight is 524 g/mol. The second-order valence-electron chi connectivity index (χ2n) is 8.63. The number of ether oxygens (including phenoxy) is 3. The summed E-state index contributed by atoms with van der Waals surface area (Å²) in [5, 5.41) is 3.50. The molecule has 2 heterocycles. The van der Waals surface area contributed by atoms with Gasteiger partial charge in [0.15, 0.2) is 5.96 Å². The number of piperidine rings is 1. The van der Waals surface area contributed by atoms with E-state index in [4.69, 9.17) is 14.2 Å². The minimum absolute atomic E-state index is 0. The zero-order chi connectivity index (χ0) is 19.4. The Bertz CT molecular complexity index is 447. The van der Waals surface area contributed by atoms with Crippen LogP contribution in [0.15, 0.2) is 4.99 Å². The van der Waals surface area contributed by atoms with E-state index >= 15 is 0 Å². The fraction of sp³-hybridized carbons (Fsp3) is 0.955. The van der Waals surface area contributed by atoms with Crippen LogP contribution in [0.5, 0.6) is 0 Å². The highest BCUT2D eigenvalue weighted by atomic mass is 127. The molecule has 0 bridgehead atoms. The minimum atomic E-state index is 0. The molecule has 6 nitrogen and oxygen atoms in total. The van der Waals surface area contributed by atoms with Crippen LogP contribution in [0, 0.1) is 11.8 Å². The largest absolute Gasteiger partial charge is 0.381 e. The van der Waals surface area contributed by atoms with E-state index in [0.29, 0.717) is 12.0 Å². The van der Waals surface area contributed by atoms with Gasteiger partial charge in [0.1, 0.15) is 0 Å². The molecule has 3 rings (SSSR count). The lowest BCUT2D eigenvalue weighted by atomic mass is 10.0. The maximum absolute atomic E-state index is 6.19. The molecule has 0 amide bonds. The minimum Gasteiger partial charge on any atom is -0.381 e. The highest BCUT2D eigenvalue weighted by molar-refractivity contribution is 14.0. The van der Waals surface area contributed by atoms with Crippen molar-refractivity contribution >= 4 is 29.9 Å². The normalized spacial score (nSPS) is 22.7. The standard InChI is InChI=1S/C22H41N3O3.HI/c1-23-22(24-11-4-14-27-17-20-9-15-26-16-10-20)25-12-7-21(8-13-25)28-18-19-5-2-3-6-19;/h19-21H,2-18H2,1H3,(H,23,24);1H. The van der Waals surface area contributed by atoms with Gasteiger partial charge >= 0.3 is 0 Å². The summed E-state index contributed by atoms with van der Waals surface area (Å²) >= 11 is 0. The van der Waals surface area contributed by atoms with Crippen molar-refractivity contribution in [1.29, 1.82) is 0 Å². The first-order valence-corrected chi connectivity index (χ1v) is 11.6. The van der Waals surface area contributed by atoms with E-state index in [1.165, 1.54) is 25.7 Å². The topological polar surface area (TPSA) is 55.3 Å². The molecular formula is C22H42IN3O3. The third kappa shape index (κ3) is 9.27. The van der Waals surface area contributed by atoms with Crippen molar-refractivity contribution in [2.24, 2.45) is 16.8 Å². The summed E-state index contributed by atoms with van der Waals surface area (Å²) in [5.41, 5.74) is 0. The molecule has 29 heavy (non-hydrogen) atoms. The number of aliphatic imine (C=N–C) groups is 1. The Hall–Kier alpha value is -0.120. The zero-order valence-corrected chi connectivity index (χ0v) is 20.6. The molecule has 2 aliphatic heterocycles. The van der Waals surface area contributed by atoms with Crippen LogP contribution in [0.3, 0.4) is 0 Å². The van der Waals surface area contributed by atoms with Gasteiger partial charge in [-0.1, -0.05) is 12.8 Å². The van der Waals surface area contributed by atoms with E-state index < -0.39 is 0 Å². The monoisotopic (exact) mass is 523 g/mol.